The lowest BCUT2D eigenvalue weighted by Crippen LogP contribution is -1.98. The van der Waals surface area contributed by atoms with Crippen LogP contribution in [0.1, 0.15) is 57.6 Å². The number of hydrogen-bond donors (Lipinski definition) is 0. The van der Waals surface area contributed by atoms with E-state index in [4.69, 9.17) is 4.98 Å². The third-order valence-corrected chi connectivity index (χ3v) is 9.49. The van der Waals surface area contributed by atoms with E-state index in [0.29, 0.717) is 0 Å². The van der Waals surface area contributed by atoms with Crippen LogP contribution in [0.3, 0.4) is 0 Å². The molecule has 0 amide bonds. The normalized spacial score (nSPS) is 13.0. The summed E-state index contributed by atoms with van der Waals surface area (Å²) in [6.07, 6.45) is 18.8. The lowest BCUT2D eigenvalue weighted by Gasteiger charge is -2.22. The molecule has 8 rings (SSSR count). The average molecular weight is 635 g/mol. The highest BCUT2D eigenvalue weighted by Gasteiger charge is 2.20. The zero-order chi connectivity index (χ0) is 33.7. The van der Waals surface area contributed by atoms with Gasteiger partial charge >= 0.3 is 0 Å². The van der Waals surface area contributed by atoms with Crippen LogP contribution >= 0.6 is 0 Å². The van der Waals surface area contributed by atoms with E-state index in [0.717, 1.165) is 47.5 Å². The number of hydrogen-bond acceptors (Lipinski definition) is 2. The van der Waals surface area contributed by atoms with Crippen molar-refractivity contribution < 1.29 is 0 Å². The van der Waals surface area contributed by atoms with Gasteiger partial charge in [-0.15, -0.1) is 0 Å². The van der Waals surface area contributed by atoms with Crippen molar-refractivity contribution >= 4 is 54.5 Å². The van der Waals surface area contributed by atoms with Gasteiger partial charge in [0, 0.05) is 23.2 Å². The summed E-state index contributed by atoms with van der Waals surface area (Å²) >= 11 is 0. The maximum Gasteiger partial charge on any atom is 0.0970 e. The summed E-state index contributed by atoms with van der Waals surface area (Å²) < 4.78 is 0. The molecule has 0 saturated heterocycles. The Labute approximate surface area is 289 Å². The predicted octanol–water partition coefficient (Wildman–Crippen LogP) is 13.6. The number of benzene rings is 5. The standard InChI is InChI=1S/C45H36N2.C2H6/c1-3-13-30(14-4-2)42-36-20-8-9-21-37(36)43(31-15-6-5-7-16-31)41-28-33(23-24-38(41)42)32-17-10-18-34(27-32)40-29-35-19-11-25-46-44(35)45-39(40)22-12-26-47-45;1-2/h3,5-6,8-13,15,17-29H,1,4,7,14,16H2,2H3;1-2H3/b30-13+;. The van der Waals surface area contributed by atoms with E-state index in [2.05, 4.69) is 128 Å². The Morgan fingerprint density at radius 1 is 0.714 bits per heavy atom. The van der Waals surface area contributed by atoms with E-state index < -0.39 is 0 Å². The second-order valence-electron chi connectivity index (χ2n) is 12.4. The molecule has 2 aromatic heterocycles. The molecule has 2 heterocycles. The van der Waals surface area contributed by atoms with Gasteiger partial charge in [-0.25, -0.2) is 0 Å². The molecule has 7 aromatic rings. The van der Waals surface area contributed by atoms with E-state index in [1.54, 1.807) is 0 Å². The summed E-state index contributed by atoms with van der Waals surface area (Å²) in [5, 5.41) is 7.45. The number of aromatic nitrogens is 2. The maximum atomic E-state index is 4.75. The van der Waals surface area contributed by atoms with Crippen molar-refractivity contribution in [1.29, 1.82) is 0 Å². The molecule has 0 radical (unpaired) electrons. The molecule has 0 atom stereocenters. The number of rotatable bonds is 7. The molecule has 0 bridgehead atoms. The summed E-state index contributed by atoms with van der Waals surface area (Å²) in [5.41, 5.74) is 12.1. The largest absolute Gasteiger partial charge is 0.254 e. The molecule has 240 valence electrons. The Balaban J connectivity index is 0.00000186. The Bertz CT molecular complexity index is 2440. The number of nitrogens with zero attached hydrogens (tertiary/aromatic N) is 2. The van der Waals surface area contributed by atoms with Gasteiger partial charge in [0.15, 0.2) is 0 Å². The van der Waals surface area contributed by atoms with Crippen LogP contribution in [-0.4, -0.2) is 9.97 Å². The van der Waals surface area contributed by atoms with Gasteiger partial charge in [-0.05, 0) is 116 Å². The Morgan fingerprint density at radius 3 is 2.24 bits per heavy atom. The van der Waals surface area contributed by atoms with E-state index >= 15 is 0 Å². The Morgan fingerprint density at radius 2 is 1.45 bits per heavy atom. The highest BCUT2D eigenvalue weighted by Crippen LogP contribution is 2.44. The van der Waals surface area contributed by atoms with Gasteiger partial charge in [0.05, 0.1) is 11.0 Å². The average Bonchev–Trinajstić information content (AvgIpc) is 3.17. The van der Waals surface area contributed by atoms with Crippen LogP contribution in [0.4, 0.5) is 0 Å². The fraction of sp³-hybridized carbons (Fsp3) is 0.149. The minimum absolute atomic E-state index is 0.936. The first-order valence-corrected chi connectivity index (χ1v) is 17.6. The molecule has 2 nitrogen and oxygen atoms in total. The predicted molar refractivity (Wildman–Crippen MR) is 214 cm³/mol. The smallest absolute Gasteiger partial charge is 0.0970 e. The van der Waals surface area contributed by atoms with E-state index in [9.17, 15) is 0 Å². The van der Waals surface area contributed by atoms with Crippen LogP contribution in [0.15, 0.2) is 146 Å². The minimum Gasteiger partial charge on any atom is -0.254 e. The second kappa shape index (κ2) is 14.3. The highest BCUT2D eigenvalue weighted by molar-refractivity contribution is 6.17. The maximum absolute atomic E-state index is 4.75. The van der Waals surface area contributed by atoms with Crippen LogP contribution < -0.4 is 0 Å². The SMILES string of the molecule is C=C/C=C(\CCC)c1c2ccccc2c(C2=CC=CCC2)c2cc(-c3cccc(-c4cc5cccnc5c5ncccc45)c3)ccc12.CC. The Kier molecular flexibility index (Phi) is 9.30. The van der Waals surface area contributed by atoms with E-state index in [1.807, 2.05) is 44.4 Å². The first-order valence-electron chi connectivity index (χ1n) is 17.6. The third kappa shape index (κ3) is 5.89. The van der Waals surface area contributed by atoms with E-state index in [-0.39, 0.29) is 0 Å². The molecule has 2 heteroatoms. The highest BCUT2D eigenvalue weighted by atomic mass is 14.7. The molecule has 0 unspecified atom stereocenters. The fourth-order valence-electron chi connectivity index (χ4n) is 7.45. The van der Waals surface area contributed by atoms with Gasteiger partial charge in [-0.3, -0.25) is 9.97 Å². The molecule has 0 fully saturated rings. The molecule has 1 aliphatic rings. The second-order valence-corrected chi connectivity index (χ2v) is 12.4. The molecular formula is C47H42N2. The van der Waals surface area contributed by atoms with Crippen molar-refractivity contribution in [3.8, 4) is 22.3 Å². The lowest BCUT2D eigenvalue weighted by atomic mass is 9.82. The van der Waals surface area contributed by atoms with Crippen LogP contribution in [0.2, 0.25) is 0 Å². The van der Waals surface area contributed by atoms with Crippen molar-refractivity contribution in [1.82, 2.24) is 9.97 Å². The summed E-state index contributed by atoms with van der Waals surface area (Å²) in [5.74, 6) is 0. The molecule has 0 saturated carbocycles. The van der Waals surface area contributed by atoms with E-state index in [1.165, 1.54) is 66.1 Å². The lowest BCUT2D eigenvalue weighted by molar-refractivity contribution is 0.975. The van der Waals surface area contributed by atoms with Gasteiger partial charge < -0.3 is 0 Å². The quantitative estimate of drug-likeness (QED) is 0.0990. The first-order chi connectivity index (χ1) is 24.2. The van der Waals surface area contributed by atoms with Crippen molar-refractivity contribution in [2.24, 2.45) is 0 Å². The third-order valence-electron chi connectivity index (χ3n) is 9.49. The molecule has 49 heavy (non-hydrogen) atoms. The van der Waals surface area contributed by atoms with Gasteiger partial charge in [-0.1, -0.05) is 131 Å². The van der Waals surface area contributed by atoms with Gasteiger partial charge in [0.1, 0.15) is 0 Å². The minimum atomic E-state index is 0.936. The number of allylic oxidation sites excluding steroid dienone is 7. The van der Waals surface area contributed by atoms with Crippen molar-refractivity contribution in [2.45, 2.75) is 46.5 Å². The Hall–Kier alpha value is -5.60. The molecule has 1 aliphatic carbocycles. The molecule has 5 aromatic carbocycles. The zero-order valence-electron chi connectivity index (χ0n) is 28.7. The van der Waals surface area contributed by atoms with Crippen LogP contribution in [0, 0.1) is 0 Å². The number of fused-ring (bicyclic) bond motifs is 5. The van der Waals surface area contributed by atoms with Crippen LogP contribution in [0.5, 0.6) is 0 Å². The van der Waals surface area contributed by atoms with Crippen LogP contribution in [-0.2, 0) is 0 Å². The van der Waals surface area contributed by atoms with Gasteiger partial charge in [-0.2, -0.15) is 0 Å². The zero-order valence-corrected chi connectivity index (χ0v) is 28.7. The fourth-order valence-corrected chi connectivity index (χ4v) is 7.45. The van der Waals surface area contributed by atoms with Crippen molar-refractivity contribution in [3.63, 3.8) is 0 Å². The summed E-state index contributed by atoms with van der Waals surface area (Å²) in [6, 6.07) is 35.6. The monoisotopic (exact) mass is 634 g/mol. The van der Waals surface area contributed by atoms with Gasteiger partial charge in [0.2, 0.25) is 0 Å². The van der Waals surface area contributed by atoms with Crippen molar-refractivity contribution in [2.75, 3.05) is 0 Å². The summed E-state index contributed by atoms with van der Waals surface area (Å²) in [4.78, 5) is 9.42. The summed E-state index contributed by atoms with van der Waals surface area (Å²) in [7, 11) is 0. The molecular weight excluding hydrogens is 593 g/mol. The summed E-state index contributed by atoms with van der Waals surface area (Å²) in [6.45, 7) is 10.3. The molecule has 0 N–H and O–H groups in total. The van der Waals surface area contributed by atoms with Crippen molar-refractivity contribution in [3.05, 3.63) is 158 Å². The van der Waals surface area contributed by atoms with Crippen LogP contribution in [0.25, 0.3) is 76.8 Å². The first kappa shape index (κ1) is 32.0. The number of pyridine rings is 2. The topological polar surface area (TPSA) is 25.8 Å². The van der Waals surface area contributed by atoms with Gasteiger partial charge in [0.25, 0.3) is 0 Å². The molecule has 0 aliphatic heterocycles. The molecule has 0 spiro atoms.